The molecule has 1 saturated heterocycles. The first kappa shape index (κ1) is 11.0. The quantitative estimate of drug-likeness (QED) is 0.708. The highest BCUT2D eigenvalue weighted by Crippen LogP contribution is 2.25. The van der Waals surface area contributed by atoms with Gasteiger partial charge >= 0.3 is 0 Å². The molecule has 0 bridgehead atoms. The second-order valence-corrected chi connectivity index (χ2v) is 4.85. The van der Waals surface area contributed by atoms with Crippen LogP contribution in [0.1, 0.15) is 34.1 Å². The summed E-state index contributed by atoms with van der Waals surface area (Å²) in [5, 5.41) is 9.81. The van der Waals surface area contributed by atoms with Gasteiger partial charge in [-0.25, -0.2) is 0 Å². The van der Waals surface area contributed by atoms with Gasteiger partial charge in [0.1, 0.15) is 0 Å². The molecule has 1 fully saturated rings. The third-order valence-electron chi connectivity index (χ3n) is 3.24. The molecule has 0 spiro atoms. The Morgan fingerprint density at radius 2 is 1.85 bits per heavy atom. The molecular weight excluding hydrogens is 162 g/mol. The summed E-state index contributed by atoms with van der Waals surface area (Å²) in [5.41, 5.74) is 0. The van der Waals surface area contributed by atoms with E-state index in [-0.39, 0.29) is 6.10 Å². The van der Waals surface area contributed by atoms with Crippen LogP contribution in [0.5, 0.6) is 0 Å². The maximum Gasteiger partial charge on any atom is 0.0595 e. The molecule has 1 rings (SSSR count). The highest BCUT2D eigenvalue weighted by atomic mass is 16.3. The largest absolute Gasteiger partial charge is 0.393 e. The van der Waals surface area contributed by atoms with Gasteiger partial charge in [-0.2, -0.15) is 0 Å². The van der Waals surface area contributed by atoms with Gasteiger partial charge in [0.25, 0.3) is 0 Å². The number of aliphatic hydroxyl groups excluding tert-OH is 1. The first-order valence-corrected chi connectivity index (χ1v) is 5.44. The van der Waals surface area contributed by atoms with Crippen LogP contribution in [0.4, 0.5) is 0 Å². The molecule has 0 saturated carbocycles. The summed E-state index contributed by atoms with van der Waals surface area (Å²) >= 11 is 0. The van der Waals surface area contributed by atoms with E-state index >= 15 is 0 Å². The average Bonchev–Trinajstić information content (AvgIpc) is 2.04. The molecule has 1 heterocycles. The minimum absolute atomic E-state index is 0.0741. The zero-order chi connectivity index (χ0) is 10.0. The third kappa shape index (κ3) is 2.68. The molecule has 1 unspecified atom stereocenters. The minimum Gasteiger partial charge on any atom is -0.393 e. The lowest BCUT2D eigenvalue weighted by molar-refractivity contribution is -0.00407. The van der Waals surface area contributed by atoms with Crippen LogP contribution in [-0.2, 0) is 0 Å². The smallest absolute Gasteiger partial charge is 0.0595 e. The van der Waals surface area contributed by atoms with Crippen molar-refractivity contribution in [1.29, 1.82) is 0 Å². The van der Waals surface area contributed by atoms with Crippen LogP contribution in [0.25, 0.3) is 0 Å². The van der Waals surface area contributed by atoms with Gasteiger partial charge in [-0.3, -0.25) is 0 Å². The van der Waals surface area contributed by atoms with E-state index in [1.807, 2.05) is 0 Å². The molecule has 13 heavy (non-hydrogen) atoms. The Labute approximate surface area is 81.9 Å². The fraction of sp³-hybridized carbons (Fsp3) is 1.00. The summed E-state index contributed by atoms with van der Waals surface area (Å²) in [6.07, 6.45) is 0.871. The maximum atomic E-state index is 9.81. The number of hydrogen-bond acceptors (Lipinski definition) is 2. The monoisotopic (exact) mass is 185 g/mol. The fourth-order valence-electron chi connectivity index (χ4n) is 2.12. The van der Waals surface area contributed by atoms with Gasteiger partial charge in [-0.05, 0) is 32.1 Å². The molecule has 0 radical (unpaired) electrons. The zero-order valence-corrected chi connectivity index (χ0v) is 9.33. The summed E-state index contributed by atoms with van der Waals surface area (Å²) < 4.78 is 0. The van der Waals surface area contributed by atoms with Gasteiger partial charge in [0, 0.05) is 19.1 Å². The van der Waals surface area contributed by atoms with Gasteiger partial charge in [-0.1, -0.05) is 13.8 Å². The van der Waals surface area contributed by atoms with Crippen molar-refractivity contribution < 1.29 is 5.11 Å². The van der Waals surface area contributed by atoms with Crippen molar-refractivity contribution in [2.45, 2.75) is 46.3 Å². The number of hydrogen-bond donors (Lipinski definition) is 1. The van der Waals surface area contributed by atoms with Gasteiger partial charge < -0.3 is 10.0 Å². The first-order chi connectivity index (χ1) is 6.02. The van der Waals surface area contributed by atoms with E-state index in [0.29, 0.717) is 17.9 Å². The van der Waals surface area contributed by atoms with Gasteiger partial charge in [0.2, 0.25) is 0 Å². The molecule has 0 aromatic heterocycles. The molecule has 78 valence electrons. The van der Waals surface area contributed by atoms with E-state index in [1.165, 1.54) is 0 Å². The minimum atomic E-state index is -0.0741. The normalized spacial score (nSPS) is 31.6. The van der Waals surface area contributed by atoms with Crippen molar-refractivity contribution in [3.05, 3.63) is 0 Å². The molecular formula is C11H23NO. The van der Waals surface area contributed by atoms with Crippen LogP contribution in [0.2, 0.25) is 0 Å². The lowest BCUT2D eigenvalue weighted by atomic mass is 9.85. The highest BCUT2D eigenvalue weighted by molar-refractivity contribution is 4.83. The number of aliphatic hydroxyl groups is 1. The topological polar surface area (TPSA) is 23.5 Å². The molecule has 2 nitrogen and oxygen atoms in total. The van der Waals surface area contributed by atoms with E-state index in [0.717, 1.165) is 19.5 Å². The first-order valence-electron chi connectivity index (χ1n) is 5.44. The summed E-state index contributed by atoms with van der Waals surface area (Å²) in [6, 6.07) is 0.619. The number of rotatable bonds is 2. The molecule has 1 aliphatic heterocycles. The van der Waals surface area contributed by atoms with Gasteiger partial charge in [-0.15, -0.1) is 0 Å². The average molecular weight is 185 g/mol. The lowest BCUT2D eigenvalue weighted by Crippen LogP contribution is -2.47. The Balaban J connectivity index is 2.53. The van der Waals surface area contributed by atoms with Crippen LogP contribution in [0, 0.1) is 11.8 Å². The summed E-state index contributed by atoms with van der Waals surface area (Å²) in [4.78, 5) is 2.47. The van der Waals surface area contributed by atoms with Gasteiger partial charge in [0.05, 0.1) is 6.10 Å². The molecule has 0 aliphatic carbocycles. The Bertz CT molecular complexity index is 156. The molecule has 2 atom stereocenters. The Morgan fingerprint density at radius 1 is 1.23 bits per heavy atom. The predicted octanol–water partition coefficient (Wildman–Crippen LogP) is 1.73. The second kappa shape index (κ2) is 4.43. The molecule has 1 aliphatic rings. The summed E-state index contributed by atoms with van der Waals surface area (Å²) in [6.45, 7) is 11.0. The predicted molar refractivity (Wildman–Crippen MR) is 55.7 cm³/mol. The van der Waals surface area contributed by atoms with E-state index in [1.54, 1.807) is 0 Å². The van der Waals surface area contributed by atoms with E-state index in [4.69, 9.17) is 0 Å². The third-order valence-corrected chi connectivity index (χ3v) is 3.24. The Kier molecular flexibility index (Phi) is 3.74. The standard InChI is InChI=1S/C11H23NO/c1-8(2)10-7-12(9(3)4)6-5-11(10)13/h8-11,13H,5-7H2,1-4H3/t10-,11?/m1/s1. The van der Waals surface area contributed by atoms with Crippen LogP contribution < -0.4 is 0 Å². The second-order valence-electron chi connectivity index (χ2n) is 4.85. The van der Waals surface area contributed by atoms with Crippen molar-refractivity contribution in [2.75, 3.05) is 13.1 Å². The SMILES string of the molecule is CC(C)[C@H]1CN(C(C)C)CCC1O. The van der Waals surface area contributed by atoms with Crippen molar-refractivity contribution in [3.63, 3.8) is 0 Å². The van der Waals surface area contributed by atoms with E-state index in [2.05, 4.69) is 32.6 Å². The van der Waals surface area contributed by atoms with Crippen LogP contribution in [0.15, 0.2) is 0 Å². The van der Waals surface area contributed by atoms with Crippen molar-refractivity contribution in [1.82, 2.24) is 4.90 Å². The molecule has 2 heteroatoms. The van der Waals surface area contributed by atoms with Crippen LogP contribution in [-0.4, -0.2) is 35.2 Å². The maximum absolute atomic E-state index is 9.81. The molecule has 0 amide bonds. The molecule has 0 aromatic rings. The van der Waals surface area contributed by atoms with E-state index in [9.17, 15) is 5.11 Å². The van der Waals surface area contributed by atoms with Crippen molar-refractivity contribution in [2.24, 2.45) is 11.8 Å². The summed E-state index contributed by atoms with van der Waals surface area (Å²) in [7, 11) is 0. The lowest BCUT2D eigenvalue weighted by Gasteiger charge is -2.40. The molecule has 0 aromatic carbocycles. The van der Waals surface area contributed by atoms with Crippen LogP contribution in [0.3, 0.4) is 0 Å². The fourth-order valence-corrected chi connectivity index (χ4v) is 2.12. The Morgan fingerprint density at radius 3 is 2.31 bits per heavy atom. The molecule has 1 N–H and O–H groups in total. The summed E-state index contributed by atoms with van der Waals surface area (Å²) in [5.74, 6) is 1.06. The van der Waals surface area contributed by atoms with Crippen LogP contribution >= 0.6 is 0 Å². The van der Waals surface area contributed by atoms with Crippen molar-refractivity contribution in [3.8, 4) is 0 Å². The number of nitrogens with zero attached hydrogens (tertiary/aromatic N) is 1. The van der Waals surface area contributed by atoms with Crippen molar-refractivity contribution >= 4 is 0 Å². The number of likely N-dealkylation sites (tertiary alicyclic amines) is 1. The Hall–Kier alpha value is -0.0800. The zero-order valence-electron chi connectivity index (χ0n) is 9.33. The highest BCUT2D eigenvalue weighted by Gasteiger charge is 2.30. The van der Waals surface area contributed by atoms with E-state index < -0.39 is 0 Å². The van der Waals surface area contributed by atoms with Gasteiger partial charge in [0.15, 0.2) is 0 Å². The number of piperidine rings is 1.